The minimum absolute atomic E-state index is 0.240. The average Bonchev–Trinajstić information content (AvgIpc) is 2.77. The van der Waals surface area contributed by atoms with E-state index in [9.17, 15) is 0 Å². The van der Waals surface area contributed by atoms with Crippen LogP contribution in [-0.4, -0.2) is 25.2 Å². The zero-order chi connectivity index (χ0) is 13.0. The molecule has 0 bridgehead atoms. The van der Waals surface area contributed by atoms with E-state index in [0.29, 0.717) is 12.5 Å². The topological polar surface area (TPSA) is 59.6 Å². The lowest BCUT2D eigenvalue weighted by atomic mass is 10.1. The quantitative estimate of drug-likeness (QED) is 0.636. The molecule has 0 aromatic heterocycles. The molecular formula is C14H21N3O. The fraction of sp³-hybridized carbons (Fsp3) is 0.500. The van der Waals surface area contributed by atoms with Gasteiger partial charge in [-0.25, -0.2) is 0 Å². The van der Waals surface area contributed by atoms with Crippen molar-refractivity contribution in [3.63, 3.8) is 0 Å². The number of nitrogens with zero attached hydrogens (tertiary/aromatic N) is 1. The summed E-state index contributed by atoms with van der Waals surface area (Å²) in [6, 6.07) is 6.24. The minimum atomic E-state index is 0.240. The lowest BCUT2D eigenvalue weighted by Crippen LogP contribution is -2.24. The van der Waals surface area contributed by atoms with Crippen LogP contribution in [0.1, 0.15) is 24.0 Å². The first-order valence-electron chi connectivity index (χ1n) is 6.40. The van der Waals surface area contributed by atoms with Gasteiger partial charge in [-0.2, -0.15) is 0 Å². The van der Waals surface area contributed by atoms with Crippen LogP contribution in [0.15, 0.2) is 23.2 Å². The smallest absolute Gasteiger partial charge is 0.193 e. The van der Waals surface area contributed by atoms with Crippen LogP contribution in [0.25, 0.3) is 0 Å². The third-order valence-corrected chi connectivity index (χ3v) is 2.98. The van der Waals surface area contributed by atoms with Crippen molar-refractivity contribution >= 4 is 11.6 Å². The van der Waals surface area contributed by atoms with Crippen LogP contribution < -0.4 is 11.1 Å². The van der Waals surface area contributed by atoms with Crippen LogP contribution >= 0.6 is 0 Å². The first kappa shape index (κ1) is 12.9. The summed E-state index contributed by atoms with van der Waals surface area (Å²) >= 11 is 0. The summed E-state index contributed by atoms with van der Waals surface area (Å²) in [7, 11) is 0. The maximum Gasteiger partial charge on any atom is 0.193 e. The third-order valence-electron chi connectivity index (χ3n) is 2.98. The van der Waals surface area contributed by atoms with Crippen LogP contribution in [-0.2, 0) is 4.74 Å². The summed E-state index contributed by atoms with van der Waals surface area (Å²) < 4.78 is 5.50. The highest BCUT2D eigenvalue weighted by Gasteiger charge is 2.14. The lowest BCUT2D eigenvalue weighted by molar-refractivity contribution is 0.118. The van der Waals surface area contributed by atoms with Gasteiger partial charge < -0.3 is 15.8 Å². The highest BCUT2D eigenvalue weighted by molar-refractivity contribution is 5.92. The Hall–Kier alpha value is -1.55. The molecule has 1 fully saturated rings. The SMILES string of the molecule is Cc1cc(C)cc(NC(N)=NCC2CCCO2)c1. The zero-order valence-corrected chi connectivity index (χ0v) is 11.1. The Morgan fingerprint density at radius 1 is 1.39 bits per heavy atom. The Balaban J connectivity index is 1.92. The maximum atomic E-state index is 5.87. The number of aryl methyl sites for hydroxylation is 2. The van der Waals surface area contributed by atoms with E-state index < -0.39 is 0 Å². The van der Waals surface area contributed by atoms with E-state index in [1.54, 1.807) is 0 Å². The minimum Gasteiger partial charge on any atom is -0.376 e. The van der Waals surface area contributed by atoms with E-state index >= 15 is 0 Å². The van der Waals surface area contributed by atoms with Crippen molar-refractivity contribution in [1.29, 1.82) is 0 Å². The third kappa shape index (κ3) is 3.74. The number of guanidine groups is 1. The van der Waals surface area contributed by atoms with Gasteiger partial charge in [0, 0.05) is 12.3 Å². The van der Waals surface area contributed by atoms with Gasteiger partial charge in [0.1, 0.15) is 0 Å². The molecule has 1 aliphatic rings. The van der Waals surface area contributed by atoms with Crippen LogP contribution in [0.5, 0.6) is 0 Å². The Kier molecular flexibility index (Phi) is 4.20. The van der Waals surface area contributed by atoms with Crippen LogP contribution in [0.2, 0.25) is 0 Å². The number of aliphatic imine (C=N–C) groups is 1. The van der Waals surface area contributed by atoms with Crippen LogP contribution in [0.4, 0.5) is 5.69 Å². The molecule has 2 rings (SSSR count). The highest BCUT2D eigenvalue weighted by Crippen LogP contribution is 2.14. The molecule has 0 amide bonds. The van der Waals surface area contributed by atoms with Crippen molar-refractivity contribution < 1.29 is 4.74 Å². The summed E-state index contributed by atoms with van der Waals surface area (Å²) in [6.45, 7) is 5.63. The highest BCUT2D eigenvalue weighted by atomic mass is 16.5. The molecular weight excluding hydrogens is 226 g/mol. The molecule has 1 atom stereocenters. The second kappa shape index (κ2) is 5.87. The Bertz CT molecular complexity index is 416. The summed E-state index contributed by atoms with van der Waals surface area (Å²) in [6.07, 6.45) is 2.45. The molecule has 0 aliphatic carbocycles. The van der Waals surface area contributed by atoms with Gasteiger partial charge in [-0.15, -0.1) is 0 Å². The fourth-order valence-corrected chi connectivity index (χ4v) is 2.22. The fourth-order valence-electron chi connectivity index (χ4n) is 2.22. The average molecular weight is 247 g/mol. The van der Waals surface area contributed by atoms with Crippen molar-refractivity contribution in [3.8, 4) is 0 Å². The summed E-state index contributed by atoms with van der Waals surface area (Å²) in [5.74, 6) is 0.454. The Morgan fingerprint density at radius 2 is 2.11 bits per heavy atom. The first-order chi connectivity index (χ1) is 8.63. The molecule has 18 heavy (non-hydrogen) atoms. The summed E-state index contributed by atoms with van der Waals surface area (Å²) in [4.78, 5) is 4.32. The molecule has 1 saturated heterocycles. The van der Waals surface area contributed by atoms with Crippen LogP contribution in [0.3, 0.4) is 0 Å². The molecule has 98 valence electrons. The van der Waals surface area contributed by atoms with Gasteiger partial charge in [0.05, 0.1) is 12.6 Å². The second-order valence-electron chi connectivity index (χ2n) is 4.86. The van der Waals surface area contributed by atoms with Crippen LogP contribution in [0, 0.1) is 13.8 Å². The molecule has 0 radical (unpaired) electrons. The molecule has 1 aromatic rings. The van der Waals surface area contributed by atoms with E-state index in [4.69, 9.17) is 10.5 Å². The molecule has 4 nitrogen and oxygen atoms in total. The van der Waals surface area contributed by atoms with E-state index in [1.165, 1.54) is 11.1 Å². The summed E-state index contributed by atoms with van der Waals surface area (Å²) in [5, 5.41) is 3.12. The van der Waals surface area contributed by atoms with Crippen molar-refractivity contribution in [1.82, 2.24) is 0 Å². The predicted octanol–water partition coefficient (Wildman–Crippen LogP) is 2.21. The number of anilines is 1. The molecule has 0 saturated carbocycles. The van der Waals surface area contributed by atoms with Gasteiger partial charge in [0.2, 0.25) is 0 Å². The van der Waals surface area contributed by atoms with Gasteiger partial charge in [0.25, 0.3) is 0 Å². The Morgan fingerprint density at radius 3 is 2.72 bits per heavy atom. The summed E-state index contributed by atoms with van der Waals surface area (Å²) in [5.41, 5.74) is 9.28. The Labute approximate surface area is 108 Å². The largest absolute Gasteiger partial charge is 0.376 e. The number of nitrogens with one attached hydrogen (secondary N) is 1. The van der Waals surface area contributed by atoms with Gasteiger partial charge in [-0.05, 0) is 49.9 Å². The molecule has 0 spiro atoms. The van der Waals surface area contributed by atoms with E-state index in [2.05, 4.69) is 42.4 Å². The van der Waals surface area contributed by atoms with Crippen molar-refractivity contribution in [2.75, 3.05) is 18.5 Å². The second-order valence-corrected chi connectivity index (χ2v) is 4.86. The number of hydrogen-bond acceptors (Lipinski definition) is 2. The van der Waals surface area contributed by atoms with Crippen molar-refractivity contribution in [2.45, 2.75) is 32.8 Å². The molecule has 1 heterocycles. The number of nitrogens with two attached hydrogens (primary N) is 1. The monoisotopic (exact) mass is 247 g/mol. The standard InChI is InChI=1S/C14H21N3O/c1-10-6-11(2)8-12(7-10)17-14(15)16-9-13-4-3-5-18-13/h6-8,13H,3-5,9H2,1-2H3,(H3,15,16,17). The molecule has 1 aromatic carbocycles. The van der Waals surface area contributed by atoms with E-state index in [-0.39, 0.29) is 6.10 Å². The van der Waals surface area contributed by atoms with E-state index in [0.717, 1.165) is 25.1 Å². The van der Waals surface area contributed by atoms with E-state index in [1.807, 2.05) is 0 Å². The van der Waals surface area contributed by atoms with Crippen molar-refractivity contribution in [3.05, 3.63) is 29.3 Å². The number of ether oxygens (including phenoxy) is 1. The molecule has 1 aliphatic heterocycles. The molecule has 3 N–H and O–H groups in total. The number of rotatable bonds is 3. The maximum absolute atomic E-state index is 5.87. The molecule has 4 heteroatoms. The predicted molar refractivity (Wildman–Crippen MR) is 75.0 cm³/mol. The number of hydrogen-bond donors (Lipinski definition) is 2. The van der Waals surface area contributed by atoms with Gasteiger partial charge in [-0.3, -0.25) is 4.99 Å². The lowest BCUT2D eigenvalue weighted by Gasteiger charge is -2.09. The first-order valence-corrected chi connectivity index (χ1v) is 6.40. The van der Waals surface area contributed by atoms with Gasteiger partial charge in [-0.1, -0.05) is 6.07 Å². The zero-order valence-electron chi connectivity index (χ0n) is 11.1. The number of benzene rings is 1. The van der Waals surface area contributed by atoms with Crippen molar-refractivity contribution in [2.24, 2.45) is 10.7 Å². The molecule has 1 unspecified atom stereocenters. The van der Waals surface area contributed by atoms with Gasteiger partial charge >= 0.3 is 0 Å². The van der Waals surface area contributed by atoms with Gasteiger partial charge in [0.15, 0.2) is 5.96 Å². The normalized spacial score (nSPS) is 20.1.